The molecule has 8 heteroatoms. The number of anilines is 1. The maximum absolute atomic E-state index is 12.5. The lowest BCUT2D eigenvalue weighted by molar-refractivity contribution is -0.139. The molecule has 142 valence electrons. The molecule has 0 radical (unpaired) electrons. The number of benzene rings is 2. The molecule has 0 spiro atoms. The molecular weight excluding hydrogens is 362 g/mol. The zero-order chi connectivity index (χ0) is 20.1. The topological polar surface area (TPSA) is 117 Å². The number of ether oxygens (including phenoxy) is 1. The summed E-state index contributed by atoms with van der Waals surface area (Å²) in [5, 5.41) is 5.74. The molecule has 2 amide bonds. The second-order valence-corrected chi connectivity index (χ2v) is 5.89. The number of fused-ring (bicyclic) bond motifs is 1. The van der Waals surface area contributed by atoms with Crippen LogP contribution in [0.15, 0.2) is 59.4 Å². The Morgan fingerprint density at radius 2 is 1.79 bits per heavy atom. The summed E-state index contributed by atoms with van der Waals surface area (Å²) in [4.78, 5) is 50.6. The molecule has 8 nitrogen and oxygen atoms in total. The van der Waals surface area contributed by atoms with Gasteiger partial charge in [-0.1, -0.05) is 24.3 Å². The van der Waals surface area contributed by atoms with Crippen LogP contribution in [0.25, 0.3) is 10.9 Å². The van der Waals surface area contributed by atoms with E-state index in [9.17, 15) is 19.2 Å². The van der Waals surface area contributed by atoms with Gasteiger partial charge in [0, 0.05) is 16.8 Å². The predicted molar refractivity (Wildman–Crippen MR) is 103 cm³/mol. The minimum atomic E-state index is -0.598. The Labute approximate surface area is 159 Å². The first-order valence-electron chi connectivity index (χ1n) is 8.36. The van der Waals surface area contributed by atoms with Gasteiger partial charge in [-0.2, -0.15) is 0 Å². The molecule has 0 bridgehead atoms. The van der Waals surface area contributed by atoms with Gasteiger partial charge in [-0.25, -0.2) is 0 Å². The molecule has 0 aliphatic rings. The van der Waals surface area contributed by atoms with E-state index in [1.165, 1.54) is 25.3 Å². The SMILES string of the molecule is COC(=O)CNC(=O)c1cccc(NC(=O)c2cc3ccccc3[nH]c2=O)c1. The first kappa shape index (κ1) is 18.8. The summed E-state index contributed by atoms with van der Waals surface area (Å²) in [6.07, 6.45) is 0. The van der Waals surface area contributed by atoms with Gasteiger partial charge >= 0.3 is 5.97 Å². The number of hydrogen-bond acceptors (Lipinski definition) is 5. The number of methoxy groups -OCH3 is 1. The number of para-hydroxylation sites is 1. The second-order valence-electron chi connectivity index (χ2n) is 5.89. The summed E-state index contributed by atoms with van der Waals surface area (Å²) in [5.41, 5.74) is 0.660. The third kappa shape index (κ3) is 4.24. The molecule has 28 heavy (non-hydrogen) atoms. The molecule has 3 N–H and O–H groups in total. The van der Waals surface area contributed by atoms with Crippen molar-refractivity contribution >= 4 is 34.4 Å². The maximum Gasteiger partial charge on any atom is 0.325 e. The number of hydrogen-bond donors (Lipinski definition) is 3. The van der Waals surface area contributed by atoms with E-state index in [4.69, 9.17) is 0 Å². The molecule has 3 aromatic rings. The number of carbonyl (C=O) groups excluding carboxylic acids is 3. The number of H-pyrrole nitrogens is 1. The largest absolute Gasteiger partial charge is 0.468 e. The first-order valence-corrected chi connectivity index (χ1v) is 8.36. The van der Waals surface area contributed by atoms with Crippen molar-refractivity contribution in [3.8, 4) is 0 Å². The van der Waals surface area contributed by atoms with Crippen LogP contribution in [0.1, 0.15) is 20.7 Å². The number of aromatic nitrogens is 1. The van der Waals surface area contributed by atoms with Crippen molar-refractivity contribution in [3.05, 3.63) is 76.1 Å². The number of amides is 2. The molecule has 0 atom stereocenters. The van der Waals surface area contributed by atoms with E-state index >= 15 is 0 Å². The number of nitrogens with one attached hydrogen (secondary N) is 3. The fourth-order valence-electron chi connectivity index (χ4n) is 2.58. The number of pyridine rings is 1. The Bertz CT molecular complexity index is 1120. The van der Waals surface area contributed by atoms with Crippen molar-refractivity contribution in [1.82, 2.24) is 10.3 Å². The summed E-state index contributed by atoms with van der Waals surface area (Å²) in [6, 6.07) is 14.8. The molecule has 0 saturated heterocycles. The van der Waals surface area contributed by atoms with Gasteiger partial charge < -0.3 is 20.4 Å². The van der Waals surface area contributed by atoms with Crippen molar-refractivity contribution in [1.29, 1.82) is 0 Å². The highest BCUT2D eigenvalue weighted by Crippen LogP contribution is 2.14. The van der Waals surface area contributed by atoms with Crippen LogP contribution >= 0.6 is 0 Å². The van der Waals surface area contributed by atoms with E-state index in [1.807, 2.05) is 0 Å². The highest BCUT2D eigenvalue weighted by molar-refractivity contribution is 6.06. The molecular formula is C20H17N3O5. The third-order valence-electron chi connectivity index (χ3n) is 4.00. The van der Waals surface area contributed by atoms with Crippen LogP contribution in [0.5, 0.6) is 0 Å². The van der Waals surface area contributed by atoms with Crippen LogP contribution in [0, 0.1) is 0 Å². The van der Waals surface area contributed by atoms with Crippen LogP contribution < -0.4 is 16.2 Å². The van der Waals surface area contributed by atoms with Crippen LogP contribution in [0.4, 0.5) is 5.69 Å². The molecule has 1 heterocycles. The van der Waals surface area contributed by atoms with Crippen molar-refractivity contribution in [2.75, 3.05) is 19.0 Å². The lowest BCUT2D eigenvalue weighted by Crippen LogP contribution is -2.30. The molecule has 0 aliphatic carbocycles. The zero-order valence-corrected chi connectivity index (χ0v) is 14.9. The van der Waals surface area contributed by atoms with Gasteiger partial charge in [-0.15, -0.1) is 0 Å². The Kier molecular flexibility index (Phi) is 5.50. The standard InChI is InChI=1S/C20H17N3O5/c1-28-17(24)11-21-18(25)13-6-4-7-14(9-13)22-19(26)15-10-12-5-2-3-8-16(12)23-20(15)27/h2-10H,11H2,1H3,(H,21,25)(H,22,26)(H,23,27). The summed E-state index contributed by atoms with van der Waals surface area (Å²) in [7, 11) is 1.22. The van der Waals surface area contributed by atoms with E-state index in [0.717, 1.165) is 5.39 Å². The van der Waals surface area contributed by atoms with Crippen LogP contribution in [-0.2, 0) is 9.53 Å². The normalized spacial score (nSPS) is 10.3. The van der Waals surface area contributed by atoms with Gasteiger partial charge in [0.05, 0.1) is 7.11 Å². The van der Waals surface area contributed by atoms with Crippen molar-refractivity contribution in [2.24, 2.45) is 0 Å². The Balaban J connectivity index is 1.78. The quantitative estimate of drug-likeness (QED) is 0.583. The number of aromatic amines is 1. The van der Waals surface area contributed by atoms with Crippen LogP contribution in [-0.4, -0.2) is 36.4 Å². The minimum absolute atomic E-state index is 0.0424. The summed E-state index contributed by atoms with van der Waals surface area (Å²) in [6.45, 7) is -0.265. The maximum atomic E-state index is 12.5. The van der Waals surface area contributed by atoms with Crippen molar-refractivity contribution in [3.63, 3.8) is 0 Å². The summed E-state index contributed by atoms with van der Waals surface area (Å²) in [5.74, 6) is -1.67. The number of rotatable bonds is 5. The van der Waals surface area contributed by atoms with Crippen LogP contribution in [0.2, 0.25) is 0 Å². The highest BCUT2D eigenvalue weighted by Gasteiger charge is 2.14. The van der Waals surface area contributed by atoms with Gasteiger partial charge in [0.1, 0.15) is 12.1 Å². The first-order chi connectivity index (χ1) is 13.5. The molecule has 1 aromatic heterocycles. The van der Waals surface area contributed by atoms with E-state index in [1.54, 1.807) is 36.4 Å². The monoisotopic (exact) mass is 379 g/mol. The van der Waals surface area contributed by atoms with E-state index in [2.05, 4.69) is 20.4 Å². The average Bonchev–Trinajstić information content (AvgIpc) is 2.71. The van der Waals surface area contributed by atoms with E-state index in [-0.39, 0.29) is 17.7 Å². The second kappa shape index (κ2) is 8.17. The van der Waals surface area contributed by atoms with Gasteiger partial charge in [0.15, 0.2) is 0 Å². The smallest absolute Gasteiger partial charge is 0.325 e. The average molecular weight is 379 g/mol. The van der Waals surface area contributed by atoms with Gasteiger partial charge in [-0.05, 0) is 35.7 Å². The lowest BCUT2D eigenvalue weighted by Gasteiger charge is -2.08. The van der Waals surface area contributed by atoms with E-state index < -0.39 is 23.3 Å². The fraction of sp³-hybridized carbons (Fsp3) is 0.100. The zero-order valence-electron chi connectivity index (χ0n) is 14.9. The molecule has 3 rings (SSSR count). The Morgan fingerprint density at radius 1 is 1.00 bits per heavy atom. The molecule has 0 saturated carbocycles. The van der Waals surface area contributed by atoms with Gasteiger partial charge in [0.25, 0.3) is 17.4 Å². The lowest BCUT2D eigenvalue weighted by atomic mass is 10.1. The molecule has 0 unspecified atom stereocenters. The fourth-order valence-corrected chi connectivity index (χ4v) is 2.58. The third-order valence-corrected chi connectivity index (χ3v) is 4.00. The Hall–Kier alpha value is -3.94. The molecule has 2 aromatic carbocycles. The minimum Gasteiger partial charge on any atom is -0.468 e. The summed E-state index contributed by atoms with van der Waals surface area (Å²) < 4.78 is 4.46. The predicted octanol–water partition coefficient (Wildman–Crippen LogP) is 1.68. The van der Waals surface area contributed by atoms with Crippen LogP contribution in [0.3, 0.4) is 0 Å². The molecule has 0 fully saturated rings. The number of esters is 1. The van der Waals surface area contributed by atoms with Gasteiger partial charge in [0.2, 0.25) is 0 Å². The Morgan fingerprint density at radius 3 is 2.57 bits per heavy atom. The van der Waals surface area contributed by atoms with Crippen molar-refractivity contribution in [2.45, 2.75) is 0 Å². The van der Waals surface area contributed by atoms with Crippen molar-refractivity contribution < 1.29 is 19.1 Å². The molecule has 0 aliphatic heterocycles. The van der Waals surface area contributed by atoms with Gasteiger partial charge in [-0.3, -0.25) is 19.2 Å². The number of carbonyl (C=O) groups is 3. The highest BCUT2D eigenvalue weighted by atomic mass is 16.5. The summed E-state index contributed by atoms with van der Waals surface area (Å²) >= 11 is 0. The van der Waals surface area contributed by atoms with E-state index in [0.29, 0.717) is 11.2 Å².